The summed E-state index contributed by atoms with van der Waals surface area (Å²) in [5.41, 5.74) is -0.173. The summed E-state index contributed by atoms with van der Waals surface area (Å²) in [6, 6.07) is 0. The second-order valence-corrected chi connectivity index (χ2v) is 7.18. The molecule has 0 atom stereocenters. The number of carbonyl (C=O) groups is 2. The van der Waals surface area contributed by atoms with Crippen molar-refractivity contribution in [2.45, 2.75) is 59.3 Å². The summed E-state index contributed by atoms with van der Waals surface area (Å²) in [5.74, 6) is 0.230. The number of nitrogens with zero attached hydrogens (tertiary/aromatic N) is 3. The van der Waals surface area contributed by atoms with Crippen molar-refractivity contribution in [1.29, 1.82) is 0 Å². The van der Waals surface area contributed by atoms with Crippen LogP contribution in [0.5, 0.6) is 0 Å². The van der Waals surface area contributed by atoms with Gasteiger partial charge in [0.05, 0.1) is 0 Å². The fourth-order valence-corrected chi connectivity index (χ4v) is 2.07. The van der Waals surface area contributed by atoms with E-state index in [4.69, 9.17) is 9.63 Å². The average Bonchev–Trinajstić information content (AvgIpc) is 2.85. The van der Waals surface area contributed by atoms with Crippen molar-refractivity contribution in [2.75, 3.05) is 13.1 Å². The summed E-state index contributed by atoms with van der Waals surface area (Å²) < 4.78 is 5.18. The lowest BCUT2D eigenvalue weighted by Crippen LogP contribution is -2.38. The molecule has 1 rings (SSSR count). The molecule has 0 radical (unpaired) electrons. The number of hydrogen-bond acceptors (Lipinski definition) is 5. The lowest BCUT2D eigenvalue weighted by Gasteiger charge is -2.22. The summed E-state index contributed by atoms with van der Waals surface area (Å²) in [6.45, 7) is 10.1. The third-order valence-electron chi connectivity index (χ3n) is 3.18. The zero-order chi connectivity index (χ0) is 17.6. The number of hydrogen-bond donors (Lipinski definition) is 1. The number of rotatable bonds is 8. The second-order valence-electron chi connectivity index (χ2n) is 7.18. The first-order valence-electron chi connectivity index (χ1n) is 7.92. The molecule has 0 aliphatic carbocycles. The molecule has 1 amide bonds. The summed E-state index contributed by atoms with van der Waals surface area (Å²) in [6.07, 6.45) is 1.34. The van der Waals surface area contributed by atoms with E-state index in [2.05, 4.69) is 10.1 Å². The molecule has 0 fully saturated rings. The van der Waals surface area contributed by atoms with Gasteiger partial charge in [-0.3, -0.25) is 9.59 Å². The molecule has 0 bridgehead atoms. The van der Waals surface area contributed by atoms with E-state index in [1.807, 2.05) is 34.6 Å². The van der Waals surface area contributed by atoms with Gasteiger partial charge in [-0.1, -0.05) is 39.8 Å². The lowest BCUT2D eigenvalue weighted by atomic mass is 9.96. The largest absolute Gasteiger partial charge is 0.480 e. The molecule has 0 saturated heterocycles. The average molecular weight is 325 g/mol. The topological polar surface area (TPSA) is 96.5 Å². The fraction of sp³-hybridized carbons (Fsp3) is 0.750. The molecule has 7 heteroatoms. The smallest absolute Gasteiger partial charge is 0.323 e. The van der Waals surface area contributed by atoms with Crippen LogP contribution >= 0.6 is 0 Å². The number of amides is 1. The van der Waals surface area contributed by atoms with Gasteiger partial charge in [0.1, 0.15) is 6.54 Å². The number of aromatic nitrogens is 2. The summed E-state index contributed by atoms with van der Waals surface area (Å²) >= 11 is 0. The van der Waals surface area contributed by atoms with Gasteiger partial charge in [-0.2, -0.15) is 4.98 Å². The van der Waals surface area contributed by atoms with Crippen molar-refractivity contribution < 1.29 is 19.2 Å². The second kappa shape index (κ2) is 8.08. The number of aliphatic carboxylic acids is 1. The van der Waals surface area contributed by atoms with Crippen LogP contribution in [0.4, 0.5) is 0 Å². The Kier molecular flexibility index (Phi) is 6.72. The highest BCUT2D eigenvalue weighted by molar-refractivity contribution is 5.81. The van der Waals surface area contributed by atoms with Gasteiger partial charge in [0.25, 0.3) is 0 Å². The first kappa shape index (κ1) is 19.1. The number of carboxylic acid groups (broad SMARTS) is 1. The molecule has 0 aliphatic rings. The van der Waals surface area contributed by atoms with E-state index in [0.717, 1.165) is 0 Å². The third-order valence-corrected chi connectivity index (χ3v) is 3.18. The van der Waals surface area contributed by atoms with Gasteiger partial charge in [0, 0.05) is 24.8 Å². The van der Waals surface area contributed by atoms with Crippen molar-refractivity contribution in [3.8, 4) is 0 Å². The molecule has 130 valence electrons. The van der Waals surface area contributed by atoms with E-state index >= 15 is 0 Å². The minimum atomic E-state index is -0.995. The van der Waals surface area contributed by atoms with Crippen LogP contribution in [-0.4, -0.2) is 45.1 Å². The molecule has 1 N–H and O–H groups in total. The Morgan fingerprint density at radius 2 is 1.96 bits per heavy atom. The lowest BCUT2D eigenvalue weighted by molar-refractivity contribution is -0.144. The highest BCUT2D eigenvalue weighted by Crippen LogP contribution is 2.19. The predicted octanol–water partition coefficient (Wildman–Crippen LogP) is 2.26. The molecule has 0 aromatic carbocycles. The minimum absolute atomic E-state index is 0.156. The van der Waals surface area contributed by atoms with Crippen molar-refractivity contribution in [3.63, 3.8) is 0 Å². The zero-order valence-corrected chi connectivity index (χ0v) is 14.6. The Hall–Kier alpha value is -1.92. The number of aryl methyl sites for hydroxylation is 1. The van der Waals surface area contributed by atoms with E-state index < -0.39 is 5.97 Å². The van der Waals surface area contributed by atoms with Crippen LogP contribution in [-0.2, 0) is 21.4 Å². The maximum Gasteiger partial charge on any atom is 0.323 e. The van der Waals surface area contributed by atoms with E-state index in [-0.39, 0.29) is 30.2 Å². The Morgan fingerprint density at radius 1 is 1.30 bits per heavy atom. The van der Waals surface area contributed by atoms with Crippen LogP contribution in [0, 0.1) is 5.92 Å². The molecule has 1 aromatic rings. The maximum absolute atomic E-state index is 12.2. The van der Waals surface area contributed by atoms with Crippen molar-refractivity contribution in [1.82, 2.24) is 15.0 Å². The van der Waals surface area contributed by atoms with Gasteiger partial charge in [-0.15, -0.1) is 0 Å². The maximum atomic E-state index is 12.2. The Labute approximate surface area is 137 Å². The number of carboxylic acids is 1. The van der Waals surface area contributed by atoms with Gasteiger partial charge in [-0.05, 0) is 12.3 Å². The van der Waals surface area contributed by atoms with Crippen LogP contribution < -0.4 is 0 Å². The minimum Gasteiger partial charge on any atom is -0.480 e. The van der Waals surface area contributed by atoms with Crippen molar-refractivity contribution >= 4 is 11.9 Å². The molecule has 7 nitrogen and oxygen atoms in total. The van der Waals surface area contributed by atoms with E-state index in [9.17, 15) is 9.59 Å². The van der Waals surface area contributed by atoms with Gasteiger partial charge in [-0.25, -0.2) is 0 Å². The van der Waals surface area contributed by atoms with E-state index in [1.54, 1.807) is 0 Å². The molecule has 0 aliphatic heterocycles. The first-order chi connectivity index (χ1) is 10.6. The van der Waals surface area contributed by atoms with E-state index in [0.29, 0.717) is 31.1 Å². The molecule has 0 unspecified atom stereocenters. The van der Waals surface area contributed by atoms with Gasteiger partial charge < -0.3 is 14.5 Å². The fourth-order valence-electron chi connectivity index (χ4n) is 2.07. The quantitative estimate of drug-likeness (QED) is 0.787. The predicted molar refractivity (Wildman–Crippen MR) is 85.0 cm³/mol. The van der Waals surface area contributed by atoms with E-state index in [1.165, 1.54) is 4.90 Å². The van der Waals surface area contributed by atoms with Crippen LogP contribution in [0.25, 0.3) is 0 Å². The van der Waals surface area contributed by atoms with Crippen molar-refractivity contribution in [3.05, 3.63) is 11.7 Å². The van der Waals surface area contributed by atoms with Crippen LogP contribution in [0.1, 0.15) is 59.2 Å². The highest BCUT2D eigenvalue weighted by atomic mass is 16.5. The zero-order valence-electron chi connectivity index (χ0n) is 14.6. The van der Waals surface area contributed by atoms with Crippen molar-refractivity contribution in [2.24, 2.45) is 5.92 Å². The molecule has 0 saturated carbocycles. The summed E-state index contributed by atoms with van der Waals surface area (Å²) in [4.78, 5) is 28.7. The molecule has 0 spiro atoms. The summed E-state index contributed by atoms with van der Waals surface area (Å²) in [5, 5.41) is 12.8. The normalized spacial score (nSPS) is 11.7. The number of carbonyl (C=O) groups excluding carboxylic acids is 1. The van der Waals surface area contributed by atoms with Crippen LogP contribution in [0.2, 0.25) is 0 Å². The third kappa shape index (κ3) is 6.80. The molecule has 1 aromatic heterocycles. The highest BCUT2D eigenvalue weighted by Gasteiger charge is 2.21. The van der Waals surface area contributed by atoms with Gasteiger partial charge in [0.2, 0.25) is 11.8 Å². The Morgan fingerprint density at radius 3 is 2.43 bits per heavy atom. The van der Waals surface area contributed by atoms with Gasteiger partial charge in [0.15, 0.2) is 5.82 Å². The standard InChI is InChI=1S/C16H27N3O4/c1-11(2)9-19(10-14(21)22)13(20)8-6-7-12-17-15(18-23-12)16(3,4)5/h11H,6-10H2,1-5H3,(H,21,22). The monoisotopic (exact) mass is 325 g/mol. The molecule has 23 heavy (non-hydrogen) atoms. The Bertz CT molecular complexity index is 532. The Balaban J connectivity index is 2.50. The SMILES string of the molecule is CC(C)CN(CC(=O)O)C(=O)CCCc1nc(C(C)(C)C)no1. The molecule has 1 heterocycles. The molecular weight excluding hydrogens is 298 g/mol. The van der Waals surface area contributed by atoms with Crippen LogP contribution in [0.15, 0.2) is 4.52 Å². The first-order valence-corrected chi connectivity index (χ1v) is 7.92. The van der Waals surface area contributed by atoms with Gasteiger partial charge >= 0.3 is 5.97 Å². The summed E-state index contributed by atoms with van der Waals surface area (Å²) in [7, 11) is 0. The molecular formula is C16H27N3O4. The van der Waals surface area contributed by atoms with Crippen LogP contribution in [0.3, 0.4) is 0 Å².